The van der Waals surface area contributed by atoms with Gasteiger partial charge in [0, 0.05) is 19.2 Å². The molecular weight excluding hydrogens is 216 g/mol. The Morgan fingerprint density at radius 2 is 2.29 bits per heavy atom. The standard InChI is InChI=1S/C13H18N2O2/c1-15-7-5-10-9-11(17-8-2-6-14)3-4-12(10)13(15)16/h3-4,9H,2,5-8,14H2,1H3. The van der Waals surface area contributed by atoms with Crippen LogP contribution in [0, 0.1) is 0 Å². The summed E-state index contributed by atoms with van der Waals surface area (Å²) in [5, 5.41) is 0. The second-order valence-corrected chi connectivity index (χ2v) is 4.29. The van der Waals surface area contributed by atoms with Crippen LogP contribution in [0.25, 0.3) is 0 Å². The first-order valence-electron chi connectivity index (χ1n) is 5.93. The Morgan fingerprint density at radius 1 is 1.47 bits per heavy atom. The third-order valence-corrected chi connectivity index (χ3v) is 2.99. The summed E-state index contributed by atoms with van der Waals surface area (Å²) in [5.74, 6) is 0.925. The zero-order valence-corrected chi connectivity index (χ0v) is 10.1. The van der Waals surface area contributed by atoms with E-state index in [-0.39, 0.29) is 5.91 Å². The molecule has 0 saturated heterocycles. The van der Waals surface area contributed by atoms with Crippen molar-refractivity contribution in [2.75, 3.05) is 26.7 Å². The fraction of sp³-hybridized carbons (Fsp3) is 0.462. The lowest BCUT2D eigenvalue weighted by molar-refractivity contribution is 0.0781. The van der Waals surface area contributed by atoms with Crippen molar-refractivity contribution in [2.24, 2.45) is 5.73 Å². The summed E-state index contributed by atoms with van der Waals surface area (Å²) in [6.45, 7) is 2.04. The van der Waals surface area contributed by atoms with Gasteiger partial charge in [0.15, 0.2) is 0 Å². The van der Waals surface area contributed by atoms with Crippen LogP contribution < -0.4 is 10.5 Å². The van der Waals surface area contributed by atoms with Crippen molar-refractivity contribution in [3.63, 3.8) is 0 Å². The highest BCUT2D eigenvalue weighted by molar-refractivity contribution is 5.96. The minimum absolute atomic E-state index is 0.0970. The maximum Gasteiger partial charge on any atom is 0.253 e. The first-order chi connectivity index (χ1) is 8.22. The molecule has 0 atom stereocenters. The van der Waals surface area contributed by atoms with Gasteiger partial charge < -0.3 is 15.4 Å². The third-order valence-electron chi connectivity index (χ3n) is 2.99. The van der Waals surface area contributed by atoms with Gasteiger partial charge in [0.25, 0.3) is 5.91 Å². The normalized spacial score (nSPS) is 14.7. The van der Waals surface area contributed by atoms with Gasteiger partial charge in [0.1, 0.15) is 5.75 Å². The van der Waals surface area contributed by atoms with E-state index in [2.05, 4.69) is 0 Å². The Labute approximate surface area is 101 Å². The molecule has 0 aromatic heterocycles. The van der Waals surface area contributed by atoms with Gasteiger partial charge in [0.05, 0.1) is 6.61 Å². The fourth-order valence-electron chi connectivity index (χ4n) is 1.94. The van der Waals surface area contributed by atoms with E-state index in [1.54, 1.807) is 4.90 Å². The van der Waals surface area contributed by atoms with Gasteiger partial charge in [-0.1, -0.05) is 0 Å². The van der Waals surface area contributed by atoms with Crippen LogP contribution in [0.1, 0.15) is 22.3 Å². The molecule has 1 aromatic carbocycles. The fourth-order valence-corrected chi connectivity index (χ4v) is 1.94. The number of fused-ring (bicyclic) bond motifs is 1. The second-order valence-electron chi connectivity index (χ2n) is 4.29. The number of hydrogen-bond donors (Lipinski definition) is 1. The van der Waals surface area contributed by atoms with Crippen LogP contribution in [0.3, 0.4) is 0 Å². The number of amides is 1. The Morgan fingerprint density at radius 3 is 3.06 bits per heavy atom. The molecule has 17 heavy (non-hydrogen) atoms. The molecule has 1 aliphatic heterocycles. The van der Waals surface area contributed by atoms with Crippen molar-refractivity contribution < 1.29 is 9.53 Å². The number of benzene rings is 1. The zero-order chi connectivity index (χ0) is 12.3. The maximum atomic E-state index is 11.9. The molecule has 1 amide bonds. The number of nitrogens with zero attached hydrogens (tertiary/aromatic N) is 1. The molecule has 1 heterocycles. The summed E-state index contributed by atoms with van der Waals surface area (Å²) in [6, 6.07) is 5.67. The van der Waals surface area contributed by atoms with Crippen molar-refractivity contribution in [3.8, 4) is 5.75 Å². The Hall–Kier alpha value is -1.55. The Kier molecular flexibility index (Phi) is 3.64. The molecule has 2 rings (SSSR count). The van der Waals surface area contributed by atoms with Crippen LogP contribution in [0.5, 0.6) is 5.75 Å². The summed E-state index contributed by atoms with van der Waals surface area (Å²) in [6.07, 6.45) is 1.74. The van der Waals surface area contributed by atoms with Crippen LogP contribution in [0.15, 0.2) is 18.2 Å². The SMILES string of the molecule is CN1CCc2cc(OCCCN)ccc2C1=O. The van der Waals surface area contributed by atoms with Gasteiger partial charge in [-0.25, -0.2) is 0 Å². The highest BCUT2D eigenvalue weighted by Gasteiger charge is 2.21. The molecule has 1 aromatic rings. The van der Waals surface area contributed by atoms with Crippen LogP contribution in [-0.2, 0) is 6.42 Å². The molecule has 0 aliphatic carbocycles. The van der Waals surface area contributed by atoms with Gasteiger partial charge >= 0.3 is 0 Å². The first-order valence-corrected chi connectivity index (χ1v) is 5.93. The third kappa shape index (κ3) is 2.58. The van der Waals surface area contributed by atoms with Crippen LogP contribution >= 0.6 is 0 Å². The topological polar surface area (TPSA) is 55.6 Å². The first kappa shape index (κ1) is 11.9. The predicted molar refractivity (Wildman–Crippen MR) is 66.3 cm³/mol. The van der Waals surface area contributed by atoms with E-state index in [4.69, 9.17) is 10.5 Å². The molecule has 92 valence electrons. The van der Waals surface area contributed by atoms with E-state index in [1.165, 1.54) is 0 Å². The van der Waals surface area contributed by atoms with E-state index in [9.17, 15) is 4.79 Å². The molecule has 0 bridgehead atoms. The van der Waals surface area contributed by atoms with Crippen LogP contribution in [0.4, 0.5) is 0 Å². The van der Waals surface area contributed by atoms with E-state index in [1.807, 2.05) is 25.2 Å². The number of carbonyl (C=O) groups excluding carboxylic acids is 1. The monoisotopic (exact) mass is 234 g/mol. The highest BCUT2D eigenvalue weighted by Crippen LogP contribution is 2.23. The lowest BCUT2D eigenvalue weighted by Gasteiger charge is -2.25. The Balaban J connectivity index is 2.12. The van der Waals surface area contributed by atoms with Crippen molar-refractivity contribution in [2.45, 2.75) is 12.8 Å². The zero-order valence-electron chi connectivity index (χ0n) is 10.1. The van der Waals surface area contributed by atoms with Gasteiger partial charge in [-0.2, -0.15) is 0 Å². The molecule has 0 spiro atoms. The quantitative estimate of drug-likeness (QED) is 0.792. The van der Waals surface area contributed by atoms with Crippen LogP contribution in [0.2, 0.25) is 0 Å². The molecule has 1 aliphatic rings. The molecule has 4 heteroatoms. The molecule has 0 fully saturated rings. The summed E-state index contributed by atoms with van der Waals surface area (Å²) in [7, 11) is 1.83. The number of hydrogen-bond acceptors (Lipinski definition) is 3. The van der Waals surface area contributed by atoms with E-state index >= 15 is 0 Å². The predicted octanol–water partition coefficient (Wildman–Crippen LogP) is 1.04. The summed E-state index contributed by atoms with van der Waals surface area (Å²) in [4.78, 5) is 13.6. The minimum atomic E-state index is 0.0970. The Bertz CT molecular complexity index is 418. The molecule has 0 saturated carbocycles. The number of likely N-dealkylation sites (N-methyl/N-ethyl adjacent to an activating group) is 1. The largest absolute Gasteiger partial charge is 0.494 e. The van der Waals surface area contributed by atoms with Crippen molar-refractivity contribution in [1.29, 1.82) is 0 Å². The lowest BCUT2D eigenvalue weighted by atomic mass is 9.99. The number of nitrogens with two attached hydrogens (primary N) is 1. The molecule has 2 N–H and O–H groups in total. The highest BCUT2D eigenvalue weighted by atomic mass is 16.5. The average molecular weight is 234 g/mol. The average Bonchev–Trinajstić information content (AvgIpc) is 2.34. The smallest absolute Gasteiger partial charge is 0.253 e. The van der Waals surface area contributed by atoms with Crippen molar-refractivity contribution in [3.05, 3.63) is 29.3 Å². The number of ether oxygens (including phenoxy) is 1. The number of rotatable bonds is 4. The lowest BCUT2D eigenvalue weighted by Crippen LogP contribution is -2.34. The van der Waals surface area contributed by atoms with Crippen molar-refractivity contribution >= 4 is 5.91 Å². The van der Waals surface area contributed by atoms with E-state index in [0.717, 1.165) is 36.3 Å². The molecule has 0 unspecified atom stereocenters. The summed E-state index contributed by atoms with van der Waals surface area (Å²) in [5.41, 5.74) is 7.28. The minimum Gasteiger partial charge on any atom is -0.494 e. The van der Waals surface area contributed by atoms with E-state index < -0.39 is 0 Å². The maximum absolute atomic E-state index is 11.9. The van der Waals surface area contributed by atoms with Gasteiger partial charge in [-0.3, -0.25) is 4.79 Å². The van der Waals surface area contributed by atoms with Crippen LogP contribution in [-0.4, -0.2) is 37.6 Å². The van der Waals surface area contributed by atoms with Gasteiger partial charge in [-0.15, -0.1) is 0 Å². The molecule has 0 radical (unpaired) electrons. The summed E-state index contributed by atoms with van der Waals surface area (Å²) >= 11 is 0. The van der Waals surface area contributed by atoms with Crippen molar-refractivity contribution in [1.82, 2.24) is 4.90 Å². The molecule has 4 nitrogen and oxygen atoms in total. The van der Waals surface area contributed by atoms with E-state index in [0.29, 0.717) is 13.2 Å². The van der Waals surface area contributed by atoms with Gasteiger partial charge in [-0.05, 0) is 43.1 Å². The number of carbonyl (C=O) groups is 1. The molecular formula is C13H18N2O2. The second kappa shape index (κ2) is 5.19. The summed E-state index contributed by atoms with van der Waals surface area (Å²) < 4.78 is 5.57. The van der Waals surface area contributed by atoms with Gasteiger partial charge in [0.2, 0.25) is 0 Å².